The summed E-state index contributed by atoms with van der Waals surface area (Å²) in [6.45, 7) is 4.00. The van der Waals surface area contributed by atoms with E-state index in [4.69, 9.17) is 0 Å². The highest BCUT2D eigenvalue weighted by atomic mass is 32.2. The molecule has 19 heavy (non-hydrogen) atoms. The van der Waals surface area contributed by atoms with E-state index in [2.05, 4.69) is 33.4 Å². The Kier molecular flexibility index (Phi) is 4.03. The minimum atomic E-state index is 0.852. The van der Waals surface area contributed by atoms with Crippen LogP contribution in [-0.2, 0) is 6.54 Å². The van der Waals surface area contributed by atoms with E-state index in [1.165, 1.54) is 29.9 Å². The van der Waals surface area contributed by atoms with Gasteiger partial charge in [-0.1, -0.05) is 0 Å². The number of aryl methyl sites for hydroxylation is 1. The standard InChI is InChI=1S/C14H20N4S/c1-11-6-14-16-9-13(10-18(14)17-11)8-15-7-12-2-4-19-5-3-12/h6,9-10,12,15H,2-5,7-8H2,1H3. The fourth-order valence-corrected chi connectivity index (χ4v) is 3.70. The quantitative estimate of drug-likeness (QED) is 0.930. The van der Waals surface area contributed by atoms with E-state index in [1.807, 2.05) is 23.7 Å². The van der Waals surface area contributed by atoms with Crippen LogP contribution in [0.15, 0.2) is 18.5 Å². The van der Waals surface area contributed by atoms with Gasteiger partial charge in [0.2, 0.25) is 0 Å². The van der Waals surface area contributed by atoms with Crippen LogP contribution in [0.2, 0.25) is 0 Å². The van der Waals surface area contributed by atoms with Crippen molar-refractivity contribution in [3.05, 3.63) is 29.7 Å². The molecule has 0 bridgehead atoms. The van der Waals surface area contributed by atoms with Crippen molar-refractivity contribution < 1.29 is 0 Å². The van der Waals surface area contributed by atoms with Gasteiger partial charge in [0.05, 0.1) is 5.69 Å². The SMILES string of the molecule is Cc1cc2ncc(CNCC3CCSCC3)cn2n1. The zero-order valence-electron chi connectivity index (χ0n) is 11.3. The first kappa shape index (κ1) is 12.9. The number of nitrogens with one attached hydrogen (secondary N) is 1. The van der Waals surface area contributed by atoms with Crippen LogP contribution in [0.5, 0.6) is 0 Å². The second kappa shape index (κ2) is 5.92. The molecule has 0 aliphatic carbocycles. The van der Waals surface area contributed by atoms with Crippen LogP contribution in [0.25, 0.3) is 5.65 Å². The summed E-state index contributed by atoms with van der Waals surface area (Å²) < 4.78 is 1.86. The highest BCUT2D eigenvalue weighted by Gasteiger charge is 2.12. The van der Waals surface area contributed by atoms with Crippen molar-refractivity contribution in [1.82, 2.24) is 19.9 Å². The first-order chi connectivity index (χ1) is 9.31. The maximum absolute atomic E-state index is 4.42. The van der Waals surface area contributed by atoms with E-state index in [9.17, 15) is 0 Å². The average molecular weight is 276 g/mol. The predicted octanol–water partition coefficient (Wildman–Crippen LogP) is 2.27. The molecule has 0 saturated carbocycles. The van der Waals surface area contributed by atoms with Crippen LogP contribution in [0, 0.1) is 12.8 Å². The molecule has 2 aromatic rings. The maximum atomic E-state index is 4.42. The van der Waals surface area contributed by atoms with Gasteiger partial charge in [-0.25, -0.2) is 9.50 Å². The van der Waals surface area contributed by atoms with E-state index >= 15 is 0 Å². The molecule has 4 nitrogen and oxygen atoms in total. The number of fused-ring (bicyclic) bond motifs is 1. The second-order valence-electron chi connectivity index (χ2n) is 5.24. The molecule has 1 saturated heterocycles. The van der Waals surface area contributed by atoms with Gasteiger partial charge in [-0.05, 0) is 43.7 Å². The van der Waals surface area contributed by atoms with Crippen molar-refractivity contribution in [3.8, 4) is 0 Å². The lowest BCUT2D eigenvalue weighted by atomic mass is 10.0. The molecule has 5 heteroatoms. The fourth-order valence-electron chi connectivity index (χ4n) is 2.50. The molecule has 3 heterocycles. The number of thioether (sulfide) groups is 1. The Morgan fingerprint density at radius 1 is 1.42 bits per heavy atom. The monoisotopic (exact) mass is 276 g/mol. The molecule has 1 fully saturated rings. The highest BCUT2D eigenvalue weighted by molar-refractivity contribution is 7.99. The molecular weight excluding hydrogens is 256 g/mol. The Morgan fingerprint density at radius 2 is 2.26 bits per heavy atom. The van der Waals surface area contributed by atoms with Gasteiger partial charge in [0, 0.05) is 30.6 Å². The maximum Gasteiger partial charge on any atom is 0.155 e. The molecule has 0 radical (unpaired) electrons. The van der Waals surface area contributed by atoms with Gasteiger partial charge in [0.1, 0.15) is 0 Å². The van der Waals surface area contributed by atoms with Gasteiger partial charge in [0.15, 0.2) is 5.65 Å². The molecule has 1 aliphatic heterocycles. The van der Waals surface area contributed by atoms with Gasteiger partial charge in [0.25, 0.3) is 0 Å². The van der Waals surface area contributed by atoms with E-state index < -0.39 is 0 Å². The Hall–Kier alpha value is -1.07. The molecule has 0 atom stereocenters. The molecule has 3 rings (SSSR count). The van der Waals surface area contributed by atoms with Gasteiger partial charge >= 0.3 is 0 Å². The molecule has 1 N–H and O–H groups in total. The van der Waals surface area contributed by atoms with Gasteiger partial charge < -0.3 is 5.32 Å². The van der Waals surface area contributed by atoms with Crippen molar-refractivity contribution >= 4 is 17.4 Å². The Labute approximate surface area is 118 Å². The zero-order chi connectivity index (χ0) is 13.1. The lowest BCUT2D eigenvalue weighted by Gasteiger charge is -2.21. The first-order valence-electron chi connectivity index (χ1n) is 6.90. The average Bonchev–Trinajstić information content (AvgIpc) is 2.79. The third-order valence-electron chi connectivity index (χ3n) is 3.59. The van der Waals surface area contributed by atoms with Crippen molar-refractivity contribution in [2.24, 2.45) is 5.92 Å². The van der Waals surface area contributed by atoms with Crippen LogP contribution in [0.4, 0.5) is 0 Å². The zero-order valence-corrected chi connectivity index (χ0v) is 12.1. The summed E-state index contributed by atoms with van der Waals surface area (Å²) in [7, 11) is 0. The lowest BCUT2D eigenvalue weighted by Crippen LogP contribution is -2.25. The van der Waals surface area contributed by atoms with Crippen LogP contribution in [-0.4, -0.2) is 32.6 Å². The molecule has 0 unspecified atom stereocenters. The Morgan fingerprint density at radius 3 is 3.11 bits per heavy atom. The Bertz CT molecular complexity index is 545. The molecular formula is C14H20N4S. The van der Waals surface area contributed by atoms with Gasteiger partial charge in [-0.3, -0.25) is 0 Å². The number of aromatic nitrogens is 3. The van der Waals surface area contributed by atoms with Crippen molar-refractivity contribution in [2.45, 2.75) is 26.3 Å². The summed E-state index contributed by atoms with van der Waals surface area (Å²) in [6, 6.07) is 2.00. The van der Waals surface area contributed by atoms with Crippen LogP contribution >= 0.6 is 11.8 Å². The fraction of sp³-hybridized carbons (Fsp3) is 0.571. The molecule has 102 valence electrons. The minimum absolute atomic E-state index is 0.852. The predicted molar refractivity (Wildman–Crippen MR) is 79.5 cm³/mol. The molecule has 1 aliphatic rings. The summed E-state index contributed by atoms with van der Waals surface area (Å²) in [5.74, 6) is 3.50. The number of hydrogen-bond donors (Lipinski definition) is 1. The number of nitrogens with zero attached hydrogens (tertiary/aromatic N) is 3. The second-order valence-corrected chi connectivity index (χ2v) is 6.46. The lowest BCUT2D eigenvalue weighted by molar-refractivity contribution is 0.447. The Balaban J connectivity index is 1.55. The topological polar surface area (TPSA) is 42.2 Å². The number of hydrogen-bond acceptors (Lipinski definition) is 4. The minimum Gasteiger partial charge on any atom is -0.312 e. The third-order valence-corrected chi connectivity index (χ3v) is 4.64. The van der Waals surface area contributed by atoms with Crippen molar-refractivity contribution in [1.29, 1.82) is 0 Å². The molecule has 0 aromatic carbocycles. The first-order valence-corrected chi connectivity index (χ1v) is 8.06. The van der Waals surface area contributed by atoms with Gasteiger partial charge in [-0.2, -0.15) is 16.9 Å². The highest BCUT2D eigenvalue weighted by Crippen LogP contribution is 2.21. The molecule has 2 aromatic heterocycles. The van der Waals surface area contributed by atoms with Gasteiger partial charge in [-0.15, -0.1) is 0 Å². The summed E-state index contributed by atoms with van der Waals surface area (Å²) in [5.41, 5.74) is 3.13. The van der Waals surface area contributed by atoms with E-state index in [-0.39, 0.29) is 0 Å². The van der Waals surface area contributed by atoms with Crippen molar-refractivity contribution in [3.63, 3.8) is 0 Å². The summed E-state index contributed by atoms with van der Waals surface area (Å²) in [6.07, 6.45) is 6.72. The molecule has 0 amide bonds. The summed E-state index contributed by atoms with van der Waals surface area (Å²) in [4.78, 5) is 4.42. The van der Waals surface area contributed by atoms with Crippen LogP contribution < -0.4 is 5.32 Å². The van der Waals surface area contributed by atoms with E-state index in [1.54, 1.807) is 0 Å². The molecule has 0 spiro atoms. The van der Waals surface area contributed by atoms with Crippen LogP contribution in [0.3, 0.4) is 0 Å². The van der Waals surface area contributed by atoms with E-state index in [0.717, 1.165) is 30.3 Å². The largest absolute Gasteiger partial charge is 0.312 e. The normalized spacial score (nSPS) is 17.1. The number of rotatable bonds is 4. The van der Waals surface area contributed by atoms with Crippen LogP contribution in [0.1, 0.15) is 24.1 Å². The van der Waals surface area contributed by atoms with Crippen molar-refractivity contribution in [2.75, 3.05) is 18.1 Å². The van der Waals surface area contributed by atoms with E-state index in [0.29, 0.717) is 0 Å². The smallest absolute Gasteiger partial charge is 0.155 e. The summed E-state index contributed by atoms with van der Waals surface area (Å²) in [5, 5.41) is 7.95. The summed E-state index contributed by atoms with van der Waals surface area (Å²) >= 11 is 2.08. The third kappa shape index (κ3) is 3.28.